The summed E-state index contributed by atoms with van der Waals surface area (Å²) in [6.07, 6.45) is 7.01. The minimum absolute atomic E-state index is 0.164. The van der Waals surface area contributed by atoms with Gasteiger partial charge in [-0.25, -0.2) is 0 Å². The first-order valence-electron chi connectivity index (χ1n) is 12.7. The van der Waals surface area contributed by atoms with Crippen LogP contribution in [0, 0.1) is 0 Å². The van der Waals surface area contributed by atoms with E-state index in [9.17, 15) is 0 Å². The van der Waals surface area contributed by atoms with Crippen LogP contribution in [0.2, 0.25) is 4.13 Å². The third-order valence-electron chi connectivity index (χ3n) is 8.05. The fraction of sp³-hybridized carbons (Fsp3) is 0.467. The Kier molecular flexibility index (Phi) is 7.04. The van der Waals surface area contributed by atoms with Crippen molar-refractivity contribution in [2.45, 2.75) is 84.5 Å². The van der Waals surface area contributed by atoms with Crippen molar-refractivity contribution in [3.05, 3.63) is 80.9 Å². The summed E-state index contributed by atoms with van der Waals surface area (Å²) in [6, 6.07) is 13.6. The summed E-state index contributed by atoms with van der Waals surface area (Å²) in [7, 11) is 16.4. The van der Waals surface area contributed by atoms with E-state index in [1.807, 2.05) is 0 Å². The summed E-state index contributed by atoms with van der Waals surface area (Å²) < 4.78 is 1.29. The standard InChI is InChI=1S/2C13H15.C4H9.2ClH.Zr/c2*1-9(2)12-6-4-5-11-7-10(3)8-13(11)12;1-3-4-2;;;/h2*4-9H,1-3H3;1,3-4H2,2H3;2*1H;/q;;;;;+2/p-2. The Morgan fingerprint density at radius 3 is 1.55 bits per heavy atom. The molecule has 2 aromatic rings. The molecule has 0 spiro atoms. The summed E-state index contributed by atoms with van der Waals surface area (Å²) in [5.41, 5.74) is 11.1. The minimum atomic E-state index is -4.54. The Bertz CT molecular complexity index is 1050. The van der Waals surface area contributed by atoms with Crippen LogP contribution in [0.25, 0.3) is 12.2 Å². The summed E-state index contributed by atoms with van der Waals surface area (Å²) in [4.78, 5) is 0. The average molecular weight is 562 g/mol. The zero-order chi connectivity index (χ0) is 24.2. The van der Waals surface area contributed by atoms with E-state index in [1.54, 1.807) is 0 Å². The van der Waals surface area contributed by atoms with Crippen LogP contribution < -0.4 is 0 Å². The molecule has 0 amide bonds. The van der Waals surface area contributed by atoms with Gasteiger partial charge in [0.2, 0.25) is 0 Å². The molecular weight excluding hydrogens is 522 g/mol. The summed E-state index contributed by atoms with van der Waals surface area (Å²) >= 11 is -4.54. The van der Waals surface area contributed by atoms with Crippen molar-refractivity contribution < 1.29 is 16.4 Å². The molecule has 33 heavy (non-hydrogen) atoms. The normalized spacial score (nSPS) is 21.0. The fourth-order valence-corrected chi connectivity index (χ4v) is 29.2. The SMILES string of the molecule is CCC[CH2][Zr]([Cl])([Cl])([CH]1C(C)=Cc2c(C(C)C)cccc21)[CH]1C(C)=Cc2c(C(C)C)cccc21. The molecule has 0 aliphatic heterocycles. The maximum absolute atomic E-state index is 8.19. The molecule has 0 bridgehead atoms. The van der Waals surface area contributed by atoms with Crippen molar-refractivity contribution in [2.24, 2.45) is 0 Å². The van der Waals surface area contributed by atoms with E-state index in [0.29, 0.717) is 11.8 Å². The van der Waals surface area contributed by atoms with Crippen molar-refractivity contribution in [1.82, 2.24) is 0 Å². The molecule has 0 heterocycles. The van der Waals surface area contributed by atoms with Gasteiger partial charge in [-0.1, -0.05) is 0 Å². The zero-order valence-corrected chi connectivity index (χ0v) is 25.3. The van der Waals surface area contributed by atoms with E-state index < -0.39 is 16.4 Å². The molecule has 0 fully saturated rings. The molecule has 2 unspecified atom stereocenters. The molecule has 0 aromatic heterocycles. The Hall–Kier alpha value is -0.617. The predicted molar refractivity (Wildman–Crippen MR) is 145 cm³/mol. The van der Waals surface area contributed by atoms with Crippen LogP contribution >= 0.6 is 17.0 Å². The number of halogens is 2. The number of rotatable bonds is 7. The average Bonchev–Trinajstić information content (AvgIpc) is 3.28. The van der Waals surface area contributed by atoms with Crippen molar-refractivity contribution in [2.75, 3.05) is 0 Å². The second-order valence-electron chi connectivity index (χ2n) is 11.1. The summed E-state index contributed by atoms with van der Waals surface area (Å²) in [6.45, 7) is 15.9. The molecule has 0 saturated carbocycles. The first-order chi connectivity index (χ1) is 15.5. The van der Waals surface area contributed by atoms with Crippen LogP contribution in [0.1, 0.15) is 114 Å². The zero-order valence-electron chi connectivity index (χ0n) is 21.3. The van der Waals surface area contributed by atoms with Gasteiger partial charge in [0.25, 0.3) is 0 Å². The van der Waals surface area contributed by atoms with Crippen LogP contribution in [0.3, 0.4) is 0 Å². The molecule has 2 aromatic carbocycles. The summed E-state index contributed by atoms with van der Waals surface area (Å²) in [5.74, 6) is 0.957. The molecule has 4 rings (SSSR count). The van der Waals surface area contributed by atoms with Gasteiger partial charge in [-0.2, -0.15) is 0 Å². The van der Waals surface area contributed by atoms with Gasteiger partial charge >= 0.3 is 211 Å². The summed E-state index contributed by atoms with van der Waals surface area (Å²) in [5, 5.41) is 0. The van der Waals surface area contributed by atoms with Gasteiger partial charge in [0.1, 0.15) is 0 Å². The van der Waals surface area contributed by atoms with Gasteiger partial charge in [0.05, 0.1) is 0 Å². The Labute approximate surface area is 209 Å². The van der Waals surface area contributed by atoms with Gasteiger partial charge in [-0.05, 0) is 0 Å². The first kappa shape index (κ1) is 25.5. The van der Waals surface area contributed by atoms with E-state index in [4.69, 9.17) is 17.0 Å². The van der Waals surface area contributed by atoms with Crippen LogP contribution in [-0.2, 0) is 16.4 Å². The Morgan fingerprint density at radius 2 is 1.18 bits per heavy atom. The van der Waals surface area contributed by atoms with Crippen LogP contribution in [-0.4, -0.2) is 0 Å². The van der Waals surface area contributed by atoms with Crippen molar-refractivity contribution in [1.29, 1.82) is 0 Å². The third-order valence-corrected chi connectivity index (χ3v) is 28.2. The Balaban J connectivity index is 1.96. The predicted octanol–water partition coefficient (Wildman–Crippen LogP) is 10.8. The molecular formula is C30H39Cl2Zr. The second-order valence-corrected chi connectivity index (χ2v) is 33.5. The molecule has 0 radical (unpaired) electrons. The molecule has 3 heteroatoms. The number of unbranched alkanes of at least 4 members (excludes halogenated alkanes) is 1. The maximum atomic E-state index is 8.19. The molecule has 2 aliphatic carbocycles. The molecule has 2 atom stereocenters. The molecule has 0 N–H and O–H groups in total. The number of fused-ring (bicyclic) bond motifs is 2. The van der Waals surface area contributed by atoms with Crippen molar-refractivity contribution in [3.8, 4) is 0 Å². The molecule has 177 valence electrons. The van der Waals surface area contributed by atoms with Crippen LogP contribution in [0.4, 0.5) is 0 Å². The number of hydrogen-bond acceptors (Lipinski definition) is 0. The van der Waals surface area contributed by atoms with E-state index in [0.717, 1.165) is 17.0 Å². The number of benzene rings is 2. The quantitative estimate of drug-likeness (QED) is 0.315. The van der Waals surface area contributed by atoms with Gasteiger partial charge in [-0.15, -0.1) is 0 Å². The van der Waals surface area contributed by atoms with E-state index in [2.05, 4.69) is 97.0 Å². The van der Waals surface area contributed by atoms with Crippen LogP contribution in [0.5, 0.6) is 0 Å². The molecule has 0 nitrogen and oxygen atoms in total. The second kappa shape index (κ2) is 9.11. The van der Waals surface area contributed by atoms with Crippen molar-refractivity contribution in [3.63, 3.8) is 0 Å². The van der Waals surface area contributed by atoms with E-state index >= 15 is 0 Å². The number of hydrogen-bond donors (Lipinski definition) is 0. The van der Waals surface area contributed by atoms with Crippen molar-refractivity contribution >= 4 is 29.2 Å². The first-order valence-corrected chi connectivity index (χ1v) is 23.6. The molecule has 2 aliphatic rings. The fourth-order valence-electron chi connectivity index (χ4n) is 6.69. The van der Waals surface area contributed by atoms with Gasteiger partial charge in [0, 0.05) is 0 Å². The topological polar surface area (TPSA) is 0 Å². The van der Waals surface area contributed by atoms with E-state index in [1.165, 1.54) is 44.5 Å². The van der Waals surface area contributed by atoms with Crippen LogP contribution in [0.15, 0.2) is 47.5 Å². The van der Waals surface area contributed by atoms with Gasteiger partial charge in [-0.3, -0.25) is 0 Å². The monoisotopic (exact) mass is 559 g/mol. The van der Waals surface area contributed by atoms with E-state index in [-0.39, 0.29) is 7.25 Å². The van der Waals surface area contributed by atoms with Gasteiger partial charge in [0.15, 0.2) is 0 Å². The number of allylic oxidation sites excluding steroid dienone is 2. The van der Waals surface area contributed by atoms with Gasteiger partial charge < -0.3 is 0 Å². The molecule has 0 saturated heterocycles. The Morgan fingerprint density at radius 1 is 0.758 bits per heavy atom. The third kappa shape index (κ3) is 4.09.